The van der Waals surface area contributed by atoms with Crippen molar-refractivity contribution in [2.24, 2.45) is 0 Å². The van der Waals surface area contributed by atoms with Gasteiger partial charge in [-0.2, -0.15) is 0 Å². The summed E-state index contributed by atoms with van der Waals surface area (Å²) in [6.07, 6.45) is -4.74. The van der Waals surface area contributed by atoms with Crippen LogP contribution in [0.15, 0.2) is 42.5 Å². The molecule has 0 aromatic heterocycles. The Morgan fingerprint density at radius 2 is 1.74 bits per heavy atom. The fourth-order valence-electron chi connectivity index (χ4n) is 1.58. The molecule has 0 atom stereocenters. The van der Waals surface area contributed by atoms with Crippen LogP contribution in [0, 0.1) is 9.39 Å². The van der Waals surface area contributed by atoms with Crippen LogP contribution in [0.25, 0.3) is 11.1 Å². The highest BCUT2D eigenvalue weighted by molar-refractivity contribution is 14.1. The number of halogens is 5. The van der Waals surface area contributed by atoms with Crippen LogP contribution in [-0.4, -0.2) is 6.36 Å². The molecule has 0 bridgehead atoms. The molecule has 2 rings (SSSR count). The van der Waals surface area contributed by atoms with Crippen molar-refractivity contribution in [3.8, 4) is 16.9 Å². The molecule has 19 heavy (non-hydrogen) atoms. The SMILES string of the molecule is Fc1ccc(I)c(-c2cccc(OC(F)(F)F)c2)c1. The van der Waals surface area contributed by atoms with Gasteiger partial charge in [0.2, 0.25) is 0 Å². The molecule has 0 unspecified atom stereocenters. The van der Waals surface area contributed by atoms with E-state index in [1.54, 1.807) is 12.1 Å². The summed E-state index contributed by atoms with van der Waals surface area (Å²) in [4.78, 5) is 0. The molecule has 100 valence electrons. The highest BCUT2D eigenvalue weighted by Crippen LogP contribution is 2.30. The summed E-state index contributed by atoms with van der Waals surface area (Å²) >= 11 is 1.99. The van der Waals surface area contributed by atoms with Crippen molar-refractivity contribution in [2.75, 3.05) is 0 Å². The summed E-state index contributed by atoms with van der Waals surface area (Å²) in [6, 6.07) is 9.57. The van der Waals surface area contributed by atoms with Gasteiger partial charge in [-0.3, -0.25) is 0 Å². The maximum Gasteiger partial charge on any atom is 0.573 e. The lowest BCUT2D eigenvalue weighted by Gasteiger charge is -2.11. The molecule has 0 aliphatic carbocycles. The lowest BCUT2D eigenvalue weighted by molar-refractivity contribution is -0.274. The van der Waals surface area contributed by atoms with E-state index >= 15 is 0 Å². The third kappa shape index (κ3) is 3.82. The van der Waals surface area contributed by atoms with Gasteiger partial charge in [-0.05, 0) is 64.0 Å². The number of ether oxygens (including phenoxy) is 1. The van der Waals surface area contributed by atoms with Gasteiger partial charge in [-0.1, -0.05) is 12.1 Å². The molecule has 2 aromatic carbocycles. The average molecular weight is 382 g/mol. The zero-order chi connectivity index (χ0) is 14.0. The highest BCUT2D eigenvalue weighted by Gasteiger charge is 2.31. The lowest BCUT2D eigenvalue weighted by Crippen LogP contribution is -2.17. The maximum atomic E-state index is 13.2. The number of rotatable bonds is 2. The van der Waals surface area contributed by atoms with Crippen LogP contribution >= 0.6 is 22.6 Å². The Hall–Kier alpha value is -1.31. The molecule has 0 spiro atoms. The molecule has 0 radical (unpaired) electrons. The molecule has 0 aliphatic rings. The molecule has 2 aromatic rings. The van der Waals surface area contributed by atoms with Crippen LogP contribution in [0.5, 0.6) is 5.75 Å². The summed E-state index contributed by atoms with van der Waals surface area (Å²) in [5, 5.41) is 0. The maximum absolute atomic E-state index is 13.2. The molecular weight excluding hydrogens is 375 g/mol. The number of benzene rings is 2. The van der Waals surface area contributed by atoms with E-state index in [9.17, 15) is 17.6 Å². The van der Waals surface area contributed by atoms with Gasteiger partial charge in [0.15, 0.2) is 0 Å². The fourth-order valence-corrected chi connectivity index (χ4v) is 2.23. The number of hydrogen-bond donors (Lipinski definition) is 0. The molecule has 0 fully saturated rings. The summed E-state index contributed by atoms with van der Waals surface area (Å²) in [5.74, 6) is -0.775. The lowest BCUT2D eigenvalue weighted by atomic mass is 10.1. The summed E-state index contributed by atoms with van der Waals surface area (Å²) in [6.45, 7) is 0. The quantitative estimate of drug-likeness (QED) is 0.525. The smallest absolute Gasteiger partial charge is 0.406 e. The molecule has 0 N–H and O–H groups in total. The van der Waals surface area contributed by atoms with Crippen molar-refractivity contribution in [1.82, 2.24) is 0 Å². The van der Waals surface area contributed by atoms with E-state index in [-0.39, 0.29) is 5.75 Å². The standard InChI is InChI=1S/C13H7F4IO/c14-9-4-5-12(18)11(7-9)8-2-1-3-10(6-8)19-13(15,16)17/h1-7H. The van der Waals surface area contributed by atoms with Crippen LogP contribution in [0.1, 0.15) is 0 Å². The molecule has 0 saturated carbocycles. The van der Waals surface area contributed by atoms with Gasteiger partial charge in [0.05, 0.1) is 0 Å². The van der Waals surface area contributed by atoms with Gasteiger partial charge in [0, 0.05) is 3.57 Å². The van der Waals surface area contributed by atoms with Gasteiger partial charge >= 0.3 is 6.36 Å². The first-order chi connectivity index (χ1) is 8.85. The molecule has 1 nitrogen and oxygen atoms in total. The predicted octanol–water partition coefficient (Wildman–Crippen LogP) is 5.00. The summed E-state index contributed by atoms with van der Waals surface area (Å²) in [5.41, 5.74) is 0.985. The minimum absolute atomic E-state index is 0.329. The Labute approximate surface area is 120 Å². The van der Waals surface area contributed by atoms with E-state index in [0.717, 1.165) is 3.57 Å². The monoisotopic (exact) mass is 382 g/mol. The minimum Gasteiger partial charge on any atom is -0.406 e. The third-order valence-electron chi connectivity index (χ3n) is 2.31. The van der Waals surface area contributed by atoms with E-state index in [4.69, 9.17) is 0 Å². The first-order valence-corrected chi connectivity index (χ1v) is 6.24. The molecule has 0 saturated heterocycles. The van der Waals surface area contributed by atoms with Crippen LogP contribution in [0.3, 0.4) is 0 Å². The molecule has 0 heterocycles. The Morgan fingerprint density at radius 1 is 1.00 bits per heavy atom. The van der Waals surface area contributed by atoms with E-state index in [0.29, 0.717) is 11.1 Å². The zero-order valence-electron chi connectivity index (χ0n) is 9.34. The van der Waals surface area contributed by atoms with Crippen molar-refractivity contribution in [1.29, 1.82) is 0 Å². The van der Waals surface area contributed by atoms with Crippen molar-refractivity contribution >= 4 is 22.6 Å². The Morgan fingerprint density at radius 3 is 2.42 bits per heavy atom. The highest BCUT2D eigenvalue weighted by atomic mass is 127. The second-order valence-corrected chi connectivity index (χ2v) is 4.86. The summed E-state index contributed by atoms with van der Waals surface area (Å²) < 4.78 is 54.2. The largest absolute Gasteiger partial charge is 0.573 e. The first-order valence-electron chi connectivity index (χ1n) is 5.16. The molecule has 6 heteroatoms. The molecule has 0 amide bonds. The first kappa shape index (κ1) is 14.1. The second-order valence-electron chi connectivity index (χ2n) is 3.70. The fraction of sp³-hybridized carbons (Fsp3) is 0.0769. The van der Waals surface area contributed by atoms with E-state index < -0.39 is 12.2 Å². The van der Waals surface area contributed by atoms with Gasteiger partial charge < -0.3 is 4.74 Å². The van der Waals surface area contributed by atoms with Crippen LogP contribution < -0.4 is 4.74 Å². The Balaban J connectivity index is 2.40. The normalized spacial score (nSPS) is 11.4. The van der Waals surface area contributed by atoms with Crippen LogP contribution in [0.4, 0.5) is 17.6 Å². The van der Waals surface area contributed by atoms with Crippen LogP contribution in [-0.2, 0) is 0 Å². The Kier molecular flexibility index (Phi) is 3.98. The zero-order valence-corrected chi connectivity index (χ0v) is 11.5. The van der Waals surface area contributed by atoms with Crippen molar-refractivity contribution in [3.05, 3.63) is 51.9 Å². The van der Waals surface area contributed by atoms with E-state index in [1.807, 2.05) is 22.6 Å². The average Bonchev–Trinajstić information content (AvgIpc) is 2.30. The number of alkyl halides is 3. The second kappa shape index (κ2) is 5.36. The van der Waals surface area contributed by atoms with Gasteiger partial charge in [-0.25, -0.2) is 4.39 Å². The van der Waals surface area contributed by atoms with E-state index in [1.165, 1.54) is 30.3 Å². The van der Waals surface area contributed by atoms with Crippen molar-refractivity contribution in [2.45, 2.75) is 6.36 Å². The predicted molar refractivity (Wildman–Crippen MR) is 71.2 cm³/mol. The molecule has 0 aliphatic heterocycles. The number of hydrogen-bond acceptors (Lipinski definition) is 1. The van der Waals surface area contributed by atoms with Gasteiger partial charge in [0.1, 0.15) is 11.6 Å². The van der Waals surface area contributed by atoms with Crippen molar-refractivity contribution in [3.63, 3.8) is 0 Å². The topological polar surface area (TPSA) is 9.23 Å². The Bertz CT molecular complexity index is 595. The summed E-state index contributed by atoms with van der Waals surface area (Å²) in [7, 11) is 0. The van der Waals surface area contributed by atoms with Gasteiger partial charge in [0.25, 0.3) is 0 Å². The van der Waals surface area contributed by atoms with Crippen LogP contribution in [0.2, 0.25) is 0 Å². The third-order valence-corrected chi connectivity index (χ3v) is 3.25. The molecular formula is C13H7F4IO. The van der Waals surface area contributed by atoms with Gasteiger partial charge in [-0.15, -0.1) is 13.2 Å². The minimum atomic E-state index is -4.74. The van der Waals surface area contributed by atoms with E-state index in [2.05, 4.69) is 4.74 Å². The van der Waals surface area contributed by atoms with Crippen molar-refractivity contribution < 1.29 is 22.3 Å².